The lowest BCUT2D eigenvalue weighted by Gasteiger charge is -2.34. The van der Waals surface area contributed by atoms with Gasteiger partial charge in [0.1, 0.15) is 5.01 Å². The molecule has 1 saturated heterocycles. The molecule has 3 aromatic rings. The van der Waals surface area contributed by atoms with Gasteiger partial charge in [-0.15, -0.1) is 11.3 Å². The average Bonchev–Trinajstić information content (AvgIpc) is 3.32. The molecule has 1 aliphatic heterocycles. The van der Waals surface area contributed by atoms with E-state index in [-0.39, 0.29) is 5.91 Å². The summed E-state index contributed by atoms with van der Waals surface area (Å²) in [5, 5.41) is 5.33. The van der Waals surface area contributed by atoms with Gasteiger partial charge in [0, 0.05) is 39.8 Å². The monoisotopic (exact) mass is 400 g/mol. The van der Waals surface area contributed by atoms with Gasteiger partial charge < -0.3 is 4.90 Å². The third kappa shape index (κ3) is 4.73. The van der Waals surface area contributed by atoms with Crippen molar-refractivity contribution in [2.45, 2.75) is 13.1 Å². The second-order valence-corrected chi connectivity index (χ2v) is 8.90. The molecule has 1 aliphatic rings. The Labute approximate surface area is 167 Å². The van der Waals surface area contributed by atoms with E-state index in [4.69, 9.17) is 4.98 Å². The molecule has 27 heavy (non-hydrogen) atoms. The molecule has 0 bridgehead atoms. The van der Waals surface area contributed by atoms with E-state index in [1.807, 2.05) is 18.0 Å². The zero-order valence-corrected chi connectivity index (χ0v) is 17.1. The first-order chi connectivity index (χ1) is 13.2. The van der Waals surface area contributed by atoms with Crippen LogP contribution in [0.15, 0.2) is 41.1 Å². The van der Waals surface area contributed by atoms with E-state index in [2.05, 4.69) is 44.8 Å². The van der Waals surface area contributed by atoms with Crippen molar-refractivity contribution >= 4 is 38.8 Å². The number of hydrogen-bond donors (Lipinski definition) is 0. The van der Waals surface area contributed by atoms with E-state index in [1.165, 1.54) is 15.3 Å². The molecular formula is C20H24N4OS2. The van der Waals surface area contributed by atoms with Crippen LogP contribution < -0.4 is 0 Å². The fraction of sp³-hybridized carbons (Fsp3) is 0.400. The third-order valence-electron chi connectivity index (χ3n) is 4.95. The lowest BCUT2D eigenvalue weighted by atomic mass is 10.3. The number of aromatic nitrogens is 1. The number of thiophene rings is 1. The molecule has 0 N–H and O–H groups in total. The predicted octanol–water partition coefficient (Wildman–Crippen LogP) is 3.13. The number of fused-ring (bicyclic) bond motifs is 1. The minimum absolute atomic E-state index is 0.195. The Morgan fingerprint density at radius 2 is 1.93 bits per heavy atom. The topological polar surface area (TPSA) is 39.7 Å². The minimum Gasteiger partial charge on any atom is -0.340 e. The Bertz CT molecular complexity index is 851. The summed E-state index contributed by atoms with van der Waals surface area (Å²) in [5.74, 6) is 0.195. The van der Waals surface area contributed by atoms with Crippen LogP contribution in [0.4, 0.5) is 0 Å². The van der Waals surface area contributed by atoms with Gasteiger partial charge in [0.25, 0.3) is 0 Å². The summed E-state index contributed by atoms with van der Waals surface area (Å²) in [6.45, 7) is 5.94. The quantitative estimate of drug-likeness (QED) is 0.637. The highest BCUT2D eigenvalue weighted by molar-refractivity contribution is 7.18. The van der Waals surface area contributed by atoms with E-state index in [1.54, 1.807) is 22.7 Å². The number of carbonyl (C=O) groups is 1. The fourth-order valence-electron chi connectivity index (χ4n) is 3.34. The van der Waals surface area contributed by atoms with Crippen LogP contribution in [-0.4, -0.2) is 65.4 Å². The number of benzene rings is 1. The van der Waals surface area contributed by atoms with Crippen LogP contribution >= 0.6 is 22.7 Å². The number of hydrogen-bond acceptors (Lipinski definition) is 6. The van der Waals surface area contributed by atoms with Gasteiger partial charge in [-0.25, -0.2) is 4.98 Å². The van der Waals surface area contributed by atoms with E-state index >= 15 is 0 Å². The van der Waals surface area contributed by atoms with Crippen molar-refractivity contribution < 1.29 is 4.79 Å². The van der Waals surface area contributed by atoms with Crippen molar-refractivity contribution in [3.05, 3.63) is 51.7 Å². The van der Waals surface area contributed by atoms with Crippen molar-refractivity contribution in [2.75, 3.05) is 39.8 Å². The Kier molecular flexibility index (Phi) is 5.83. The van der Waals surface area contributed by atoms with E-state index in [9.17, 15) is 4.79 Å². The molecule has 0 aliphatic carbocycles. The van der Waals surface area contributed by atoms with Gasteiger partial charge in [-0.05, 0) is 34.5 Å². The van der Waals surface area contributed by atoms with Gasteiger partial charge in [0.15, 0.2) is 0 Å². The lowest BCUT2D eigenvalue weighted by molar-refractivity contribution is -0.132. The molecule has 7 heteroatoms. The molecule has 0 unspecified atom stereocenters. The van der Waals surface area contributed by atoms with Crippen molar-refractivity contribution in [1.29, 1.82) is 0 Å². The maximum absolute atomic E-state index is 12.5. The first-order valence-electron chi connectivity index (χ1n) is 9.21. The van der Waals surface area contributed by atoms with Crippen LogP contribution in [0.25, 0.3) is 10.2 Å². The van der Waals surface area contributed by atoms with Crippen molar-refractivity contribution in [3.63, 3.8) is 0 Å². The molecule has 2 aromatic heterocycles. The standard InChI is InChI=1S/C20H24N4OS2/c1-22(12-16-6-11-26-15-16)20(25)14-24-9-7-23(8-10-24)13-19-21-17-4-2-3-5-18(17)27-19/h2-6,11,15H,7-10,12-14H2,1H3. The van der Waals surface area contributed by atoms with Crippen LogP contribution in [0.3, 0.4) is 0 Å². The Morgan fingerprint density at radius 1 is 1.15 bits per heavy atom. The number of likely N-dealkylation sites (N-methyl/N-ethyl adjacent to an activating group) is 1. The molecular weight excluding hydrogens is 376 g/mol. The highest BCUT2D eigenvalue weighted by atomic mass is 32.1. The number of nitrogens with zero attached hydrogens (tertiary/aromatic N) is 4. The fourth-order valence-corrected chi connectivity index (χ4v) is 5.01. The maximum atomic E-state index is 12.5. The first-order valence-corrected chi connectivity index (χ1v) is 11.0. The molecule has 0 saturated carbocycles. The highest BCUT2D eigenvalue weighted by Gasteiger charge is 2.21. The number of thiazole rings is 1. The summed E-state index contributed by atoms with van der Waals surface area (Å²) in [5.41, 5.74) is 2.30. The Hall–Kier alpha value is -1.80. The predicted molar refractivity (Wildman–Crippen MR) is 112 cm³/mol. The van der Waals surface area contributed by atoms with E-state index in [0.717, 1.165) is 38.2 Å². The molecule has 1 aromatic carbocycles. The number of carbonyl (C=O) groups excluding carboxylic acids is 1. The third-order valence-corrected chi connectivity index (χ3v) is 6.70. The number of rotatable bonds is 6. The SMILES string of the molecule is CN(Cc1ccsc1)C(=O)CN1CCN(Cc2nc3ccccc3s2)CC1. The molecule has 142 valence electrons. The van der Waals surface area contributed by atoms with E-state index < -0.39 is 0 Å². The molecule has 0 radical (unpaired) electrons. The van der Waals surface area contributed by atoms with Crippen LogP contribution in [0.2, 0.25) is 0 Å². The number of amides is 1. The number of piperazine rings is 1. The Morgan fingerprint density at radius 3 is 2.67 bits per heavy atom. The normalized spacial score (nSPS) is 16.0. The smallest absolute Gasteiger partial charge is 0.236 e. The van der Waals surface area contributed by atoms with Crippen LogP contribution in [-0.2, 0) is 17.9 Å². The van der Waals surface area contributed by atoms with Gasteiger partial charge >= 0.3 is 0 Å². The second-order valence-electron chi connectivity index (χ2n) is 7.01. The zero-order valence-electron chi connectivity index (χ0n) is 15.5. The molecule has 1 fully saturated rings. The summed E-state index contributed by atoms with van der Waals surface area (Å²) < 4.78 is 1.25. The van der Waals surface area contributed by atoms with Crippen LogP contribution in [0.1, 0.15) is 10.6 Å². The molecule has 0 atom stereocenters. The largest absolute Gasteiger partial charge is 0.340 e. The number of para-hydroxylation sites is 1. The summed E-state index contributed by atoms with van der Waals surface area (Å²) in [7, 11) is 1.89. The molecule has 0 spiro atoms. The van der Waals surface area contributed by atoms with Gasteiger partial charge in [-0.2, -0.15) is 11.3 Å². The van der Waals surface area contributed by atoms with Crippen molar-refractivity contribution in [1.82, 2.24) is 19.7 Å². The zero-order chi connectivity index (χ0) is 18.6. The van der Waals surface area contributed by atoms with Gasteiger partial charge in [-0.1, -0.05) is 12.1 Å². The van der Waals surface area contributed by atoms with Crippen molar-refractivity contribution in [3.8, 4) is 0 Å². The first kappa shape index (κ1) is 18.6. The Balaban J connectivity index is 1.24. The summed E-state index contributed by atoms with van der Waals surface area (Å²) in [6, 6.07) is 10.4. The molecule has 4 rings (SSSR count). The maximum Gasteiger partial charge on any atom is 0.236 e. The van der Waals surface area contributed by atoms with Crippen molar-refractivity contribution in [2.24, 2.45) is 0 Å². The highest BCUT2D eigenvalue weighted by Crippen LogP contribution is 2.23. The van der Waals surface area contributed by atoms with Gasteiger partial charge in [0.05, 0.1) is 23.3 Å². The second kappa shape index (κ2) is 8.48. The summed E-state index contributed by atoms with van der Waals surface area (Å²) >= 11 is 3.45. The molecule has 5 nitrogen and oxygen atoms in total. The summed E-state index contributed by atoms with van der Waals surface area (Å²) in [4.78, 5) is 23.7. The average molecular weight is 401 g/mol. The lowest BCUT2D eigenvalue weighted by Crippen LogP contribution is -2.49. The van der Waals surface area contributed by atoms with Crippen LogP contribution in [0, 0.1) is 0 Å². The van der Waals surface area contributed by atoms with Gasteiger partial charge in [0.2, 0.25) is 5.91 Å². The molecule has 3 heterocycles. The van der Waals surface area contributed by atoms with Crippen LogP contribution in [0.5, 0.6) is 0 Å². The van der Waals surface area contributed by atoms with E-state index in [0.29, 0.717) is 13.1 Å². The van der Waals surface area contributed by atoms with Gasteiger partial charge in [-0.3, -0.25) is 14.6 Å². The molecule has 1 amide bonds. The minimum atomic E-state index is 0.195. The summed E-state index contributed by atoms with van der Waals surface area (Å²) in [6.07, 6.45) is 0.